The van der Waals surface area contributed by atoms with Gasteiger partial charge in [0.15, 0.2) is 15.9 Å². The number of thiazole rings is 1. The number of anilines is 1. The lowest BCUT2D eigenvalue weighted by Gasteiger charge is -2.25. The van der Waals surface area contributed by atoms with Crippen LogP contribution in [0.15, 0.2) is 41.1 Å². The van der Waals surface area contributed by atoms with E-state index in [0.29, 0.717) is 31.0 Å². The minimum Gasteiger partial charge on any atom is -0.338 e. The minimum atomic E-state index is -4.66. The molecule has 2 heterocycles. The van der Waals surface area contributed by atoms with Crippen molar-refractivity contribution in [3.05, 3.63) is 56.1 Å². The van der Waals surface area contributed by atoms with Gasteiger partial charge < -0.3 is 9.80 Å². The summed E-state index contributed by atoms with van der Waals surface area (Å²) >= 11 is 12.7. The summed E-state index contributed by atoms with van der Waals surface area (Å²) in [6, 6.07) is 8.98. The first kappa shape index (κ1) is 30.4. The Balaban J connectivity index is 0.000000255. The van der Waals surface area contributed by atoms with E-state index in [0.717, 1.165) is 21.9 Å². The minimum absolute atomic E-state index is 0.0923. The average Bonchev–Trinajstić information content (AvgIpc) is 3.39. The Morgan fingerprint density at radius 3 is 2.08 bits per heavy atom. The number of benzene rings is 1. The van der Waals surface area contributed by atoms with Gasteiger partial charge in [0.1, 0.15) is 9.91 Å². The van der Waals surface area contributed by atoms with Crippen molar-refractivity contribution in [2.24, 2.45) is 0 Å². The van der Waals surface area contributed by atoms with Crippen molar-refractivity contribution in [2.45, 2.75) is 33.1 Å². The number of alkyl halides is 6. The van der Waals surface area contributed by atoms with Crippen molar-refractivity contribution in [3.63, 3.8) is 0 Å². The van der Waals surface area contributed by atoms with Crippen LogP contribution in [0.5, 0.6) is 0 Å². The summed E-state index contributed by atoms with van der Waals surface area (Å²) < 4.78 is 77.4. The van der Waals surface area contributed by atoms with E-state index in [-0.39, 0.29) is 15.4 Å². The highest BCUT2D eigenvalue weighted by Crippen LogP contribution is 2.45. The molecular weight excluding hydrogens is 573 g/mol. The number of nitrogens with zero attached hydrogens (tertiary/aromatic N) is 4. The molecule has 0 radical (unpaired) electrons. The Morgan fingerprint density at radius 2 is 1.61 bits per heavy atom. The summed E-state index contributed by atoms with van der Waals surface area (Å²) in [5.74, 6) is -0.596. The first-order valence-corrected chi connectivity index (χ1v) is 13.0. The Morgan fingerprint density at radius 1 is 1.03 bits per heavy atom. The van der Waals surface area contributed by atoms with Gasteiger partial charge in [-0.25, -0.2) is 4.98 Å². The van der Waals surface area contributed by atoms with Gasteiger partial charge in [-0.2, -0.15) is 26.3 Å². The molecule has 1 amide bonds. The number of amides is 1. The molecule has 1 aliphatic heterocycles. The van der Waals surface area contributed by atoms with Gasteiger partial charge in [-0.15, -0.1) is 0 Å². The Kier molecular flexibility index (Phi) is 10.6. The number of hydrogen-bond donors (Lipinski definition) is 0. The van der Waals surface area contributed by atoms with E-state index in [1.807, 2.05) is 13.0 Å². The highest BCUT2D eigenvalue weighted by atomic mass is 35.5. The average molecular weight is 595 g/mol. The second-order valence-corrected chi connectivity index (χ2v) is 9.91. The third-order valence-corrected chi connectivity index (χ3v) is 7.42. The van der Waals surface area contributed by atoms with Gasteiger partial charge in [0.2, 0.25) is 0 Å². The summed E-state index contributed by atoms with van der Waals surface area (Å²) in [4.78, 5) is 17.4. The lowest BCUT2D eigenvalue weighted by atomic mass is 10.3. The topological polar surface area (TPSA) is 39.7 Å². The zero-order valence-electron chi connectivity index (χ0n) is 19.3. The SMILES string of the molecule is CCN(C1=C(C(F)(F)F)N(Cl)CS1)c1ccccc1.CCN(CC)C(=O)c1sc(Cl)nc1C(F)(F)F. The molecule has 5 nitrogen and oxygen atoms in total. The predicted octanol–water partition coefficient (Wildman–Crippen LogP) is 7.70. The number of allylic oxidation sites excluding steroid dienone is 1. The molecule has 3 rings (SSSR count). The fourth-order valence-electron chi connectivity index (χ4n) is 3.16. The van der Waals surface area contributed by atoms with Crippen molar-refractivity contribution in [2.75, 3.05) is 30.4 Å². The number of carbonyl (C=O) groups excluding carboxylic acids is 1. The van der Waals surface area contributed by atoms with E-state index in [2.05, 4.69) is 4.98 Å². The van der Waals surface area contributed by atoms with Crippen molar-refractivity contribution < 1.29 is 31.1 Å². The van der Waals surface area contributed by atoms with Gasteiger partial charge in [-0.3, -0.25) is 9.21 Å². The van der Waals surface area contributed by atoms with Crippen molar-refractivity contribution in [1.29, 1.82) is 0 Å². The number of rotatable bonds is 6. The fraction of sp³-hybridized carbons (Fsp3) is 0.429. The third kappa shape index (κ3) is 7.36. The summed E-state index contributed by atoms with van der Waals surface area (Å²) in [5, 5.41) is 0.149. The molecule has 1 aromatic carbocycles. The second-order valence-electron chi connectivity index (χ2n) is 6.99. The van der Waals surface area contributed by atoms with Gasteiger partial charge in [0.25, 0.3) is 5.91 Å². The monoisotopic (exact) mass is 594 g/mol. The number of hydrogen-bond acceptors (Lipinski definition) is 6. The molecule has 0 saturated carbocycles. The molecule has 15 heteroatoms. The van der Waals surface area contributed by atoms with Crippen LogP contribution in [0.1, 0.15) is 36.1 Å². The van der Waals surface area contributed by atoms with Crippen LogP contribution in [0, 0.1) is 0 Å². The van der Waals surface area contributed by atoms with Crippen molar-refractivity contribution in [1.82, 2.24) is 14.3 Å². The van der Waals surface area contributed by atoms with Crippen molar-refractivity contribution >= 4 is 58.1 Å². The van der Waals surface area contributed by atoms with Crippen LogP contribution in [0.4, 0.5) is 32.0 Å². The summed E-state index contributed by atoms with van der Waals surface area (Å²) in [6.45, 7) is 6.31. The van der Waals surface area contributed by atoms with E-state index in [1.165, 1.54) is 4.90 Å². The zero-order valence-corrected chi connectivity index (χ0v) is 22.4. The van der Waals surface area contributed by atoms with Crippen LogP contribution in [0.2, 0.25) is 4.47 Å². The highest BCUT2D eigenvalue weighted by Gasteiger charge is 2.45. The molecule has 0 saturated heterocycles. The molecule has 0 fully saturated rings. The highest BCUT2D eigenvalue weighted by molar-refractivity contribution is 8.03. The lowest BCUT2D eigenvalue weighted by molar-refractivity contribution is -0.141. The van der Waals surface area contributed by atoms with Crippen LogP contribution in [-0.4, -0.2) is 51.9 Å². The molecule has 0 unspecified atom stereocenters. The summed E-state index contributed by atoms with van der Waals surface area (Å²) in [5.41, 5.74) is -1.27. The molecular formula is C21H22Cl2F6N4OS2. The number of thioether (sulfide) groups is 1. The zero-order chi connectivity index (χ0) is 27.3. The van der Waals surface area contributed by atoms with Gasteiger partial charge in [-0.1, -0.05) is 52.9 Å². The lowest BCUT2D eigenvalue weighted by Crippen LogP contribution is -2.31. The van der Waals surface area contributed by atoms with E-state index in [1.54, 1.807) is 43.0 Å². The number of halogens is 8. The largest absolute Gasteiger partial charge is 0.435 e. The number of aromatic nitrogens is 1. The standard InChI is InChI=1S/C12H12ClF3N2S.C9H10ClF3N2OS/c1-2-17(9-6-4-3-5-7-9)11-10(12(14,15)16)18(13)8-19-11;1-3-15(4-2)7(16)5-6(9(11,12)13)14-8(10)17-5/h3-7H,2,8H2,1H3;3-4H2,1-2H3. The molecule has 2 aromatic rings. The van der Waals surface area contributed by atoms with E-state index in [4.69, 9.17) is 23.4 Å². The Hall–Kier alpha value is -1.83. The molecule has 0 aliphatic carbocycles. The first-order chi connectivity index (χ1) is 16.8. The molecule has 0 atom stereocenters. The van der Waals surface area contributed by atoms with Gasteiger partial charge in [-0.05, 0) is 32.9 Å². The van der Waals surface area contributed by atoms with E-state index in [9.17, 15) is 31.1 Å². The summed E-state index contributed by atoms with van der Waals surface area (Å²) in [7, 11) is 0. The van der Waals surface area contributed by atoms with Crippen LogP contribution in [0.25, 0.3) is 0 Å². The molecule has 1 aromatic heterocycles. The molecule has 1 aliphatic rings. The van der Waals surface area contributed by atoms with Crippen LogP contribution >= 0.6 is 46.5 Å². The predicted molar refractivity (Wildman–Crippen MR) is 132 cm³/mol. The second kappa shape index (κ2) is 12.6. The maximum atomic E-state index is 13.0. The molecule has 200 valence electrons. The third-order valence-electron chi connectivity index (χ3n) is 4.77. The van der Waals surface area contributed by atoms with Crippen molar-refractivity contribution in [3.8, 4) is 0 Å². The van der Waals surface area contributed by atoms with Gasteiger partial charge >= 0.3 is 12.4 Å². The number of para-hydroxylation sites is 1. The first-order valence-electron chi connectivity index (χ1n) is 10.5. The molecule has 36 heavy (non-hydrogen) atoms. The van der Waals surface area contributed by atoms with Gasteiger partial charge in [0.05, 0.1) is 5.88 Å². The van der Waals surface area contributed by atoms with Crippen LogP contribution in [-0.2, 0) is 6.18 Å². The van der Waals surface area contributed by atoms with E-state index < -0.39 is 34.5 Å². The molecule has 0 spiro atoms. The molecule has 0 N–H and O–H groups in total. The van der Waals surface area contributed by atoms with E-state index >= 15 is 0 Å². The molecule has 0 bridgehead atoms. The number of carbonyl (C=O) groups is 1. The quantitative estimate of drug-likeness (QED) is 0.253. The van der Waals surface area contributed by atoms with Gasteiger partial charge in [0, 0.05) is 37.1 Å². The Labute approximate surface area is 222 Å². The van der Waals surface area contributed by atoms with Crippen LogP contribution in [0.3, 0.4) is 0 Å². The smallest absolute Gasteiger partial charge is 0.338 e. The maximum absolute atomic E-state index is 13.0. The maximum Gasteiger partial charge on any atom is 0.435 e. The fourth-order valence-corrected chi connectivity index (χ4v) is 5.74. The van der Waals surface area contributed by atoms with Crippen LogP contribution < -0.4 is 4.90 Å². The summed E-state index contributed by atoms with van der Waals surface area (Å²) in [6.07, 6.45) is -9.12. The Bertz CT molecular complexity index is 1060. The normalized spacial score (nSPS) is 14.0.